The molecule has 2 aliphatic carbocycles. The van der Waals surface area contributed by atoms with Crippen LogP contribution in [0.2, 0.25) is 18.1 Å². The normalized spacial score (nSPS) is 24.3. The fourth-order valence-corrected chi connectivity index (χ4v) is 6.41. The van der Waals surface area contributed by atoms with Crippen molar-refractivity contribution in [3.63, 3.8) is 0 Å². The predicted molar refractivity (Wildman–Crippen MR) is 131 cm³/mol. The molecule has 2 saturated carbocycles. The lowest BCUT2D eigenvalue weighted by Gasteiger charge is -2.43. The summed E-state index contributed by atoms with van der Waals surface area (Å²) in [5.41, 5.74) is 1.43. The third-order valence-corrected chi connectivity index (χ3v) is 12.6. The highest BCUT2D eigenvalue weighted by Gasteiger charge is 2.61. The van der Waals surface area contributed by atoms with E-state index in [-0.39, 0.29) is 23.1 Å². The molecule has 0 saturated heterocycles. The molecule has 1 N–H and O–H groups in total. The Hall–Kier alpha value is -2.26. The fourth-order valence-electron chi connectivity index (χ4n) is 5.01. The number of aromatic nitrogens is 4. The number of nitrogens with zero attached hydrogens (tertiary/aromatic N) is 5. The molecular formula is C24H36N6O2Si. The molecule has 3 aliphatic rings. The molecule has 1 spiro atoms. The van der Waals surface area contributed by atoms with Crippen LogP contribution >= 0.6 is 0 Å². The van der Waals surface area contributed by atoms with Gasteiger partial charge in [0.25, 0.3) is 0 Å². The number of fused-ring (bicyclic) bond motifs is 2. The lowest BCUT2D eigenvalue weighted by molar-refractivity contribution is -0.120. The molecule has 1 amide bonds. The molecule has 178 valence electrons. The zero-order valence-corrected chi connectivity index (χ0v) is 21.7. The Labute approximate surface area is 197 Å². The summed E-state index contributed by atoms with van der Waals surface area (Å²) in [5, 5.41) is 7.61. The zero-order chi connectivity index (χ0) is 23.6. The predicted octanol–water partition coefficient (Wildman–Crippen LogP) is 4.66. The Morgan fingerprint density at radius 3 is 2.61 bits per heavy atom. The first-order chi connectivity index (χ1) is 15.5. The van der Waals surface area contributed by atoms with Crippen LogP contribution < -0.4 is 10.2 Å². The summed E-state index contributed by atoms with van der Waals surface area (Å²) in [6, 6.07) is 0.126. The van der Waals surface area contributed by atoms with Crippen LogP contribution in [0, 0.1) is 0 Å². The van der Waals surface area contributed by atoms with Gasteiger partial charge in [0, 0.05) is 37.2 Å². The summed E-state index contributed by atoms with van der Waals surface area (Å²) in [4.78, 5) is 25.1. The zero-order valence-electron chi connectivity index (χ0n) is 20.7. The van der Waals surface area contributed by atoms with Crippen molar-refractivity contribution < 1.29 is 9.22 Å². The first-order valence-electron chi connectivity index (χ1n) is 12.1. The molecule has 3 heterocycles. The Balaban J connectivity index is 1.41. The van der Waals surface area contributed by atoms with Crippen molar-refractivity contribution in [1.82, 2.24) is 19.7 Å². The Morgan fingerprint density at radius 2 is 1.97 bits per heavy atom. The maximum atomic E-state index is 13.7. The minimum absolute atomic E-state index is 0.126. The van der Waals surface area contributed by atoms with Gasteiger partial charge in [-0.2, -0.15) is 10.1 Å². The summed E-state index contributed by atoms with van der Waals surface area (Å²) >= 11 is 0. The van der Waals surface area contributed by atoms with Gasteiger partial charge in [0.1, 0.15) is 5.82 Å². The molecule has 2 atom stereocenters. The first-order valence-corrected chi connectivity index (χ1v) is 15.1. The maximum Gasteiger partial charge on any atom is 0.239 e. The summed E-state index contributed by atoms with van der Waals surface area (Å²) in [6.45, 7) is 11.5. The number of hydrogen-bond donors (Lipinski definition) is 1. The average Bonchev–Trinajstić information content (AvgIpc) is 3.38. The largest absolute Gasteiger partial charge is 0.414 e. The molecule has 1 aliphatic heterocycles. The van der Waals surface area contributed by atoms with Crippen LogP contribution in [0.5, 0.6) is 0 Å². The average molecular weight is 469 g/mol. The van der Waals surface area contributed by atoms with E-state index >= 15 is 0 Å². The number of nitrogens with one attached hydrogen (secondary N) is 1. The second kappa shape index (κ2) is 7.63. The van der Waals surface area contributed by atoms with E-state index in [9.17, 15) is 4.79 Å². The van der Waals surface area contributed by atoms with Crippen molar-refractivity contribution >= 4 is 31.7 Å². The molecule has 9 heteroatoms. The van der Waals surface area contributed by atoms with E-state index in [1.54, 1.807) is 10.9 Å². The molecule has 2 fully saturated rings. The number of amides is 1. The standard InChI is InChI=1S/C24H36N6O2Si/c1-23(2,3)33(5,6)32-18-9-7-8-17(12-18)30-20-19(24(10-11-24)21(30)31)14-25-22(28-20)27-16-13-26-29(4)15-16/h13-15,17-18H,7-12H2,1-6H3,(H,25,27,28)/t17-,18-/m1/s1. The van der Waals surface area contributed by atoms with E-state index in [1.165, 1.54) is 0 Å². The van der Waals surface area contributed by atoms with Crippen LogP contribution in [0.25, 0.3) is 0 Å². The Kier molecular flexibility index (Phi) is 5.21. The van der Waals surface area contributed by atoms with E-state index in [2.05, 4.69) is 49.3 Å². The summed E-state index contributed by atoms with van der Waals surface area (Å²) in [5.74, 6) is 1.50. The van der Waals surface area contributed by atoms with Gasteiger partial charge in [-0.05, 0) is 56.7 Å². The summed E-state index contributed by atoms with van der Waals surface area (Å²) in [7, 11) is 0.00906. The number of anilines is 3. The van der Waals surface area contributed by atoms with Crippen molar-refractivity contribution in [2.75, 3.05) is 10.2 Å². The first kappa shape index (κ1) is 22.5. The maximum absolute atomic E-state index is 13.7. The minimum atomic E-state index is -1.86. The van der Waals surface area contributed by atoms with Gasteiger partial charge >= 0.3 is 0 Å². The fraction of sp³-hybridized carbons (Fsp3) is 0.667. The Morgan fingerprint density at radius 1 is 1.21 bits per heavy atom. The van der Waals surface area contributed by atoms with Gasteiger partial charge in [0.2, 0.25) is 11.9 Å². The molecular weight excluding hydrogens is 432 g/mol. The second-order valence-electron chi connectivity index (χ2n) is 11.5. The number of aryl methyl sites for hydroxylation is 1. The molecule has 2 aromatic rings. The molecule has 5 rings (SSSR count). The number of rotatable bonds is 5. The highest BCUT2D eigenvalue weighted by molar-refractivity contribution is 6.74. The molecule has 0 unspecified atom stereocenters. The number of hydrogen-bond acceptors (Lipinski definition) is 6. The Bertz CT molecular complexity index is 1070. The monoisotopic (exact) mass is 468 g/mol. The lowest BCUT2D eigenvalue weighted by atomic mass is 9.92. The van der Waals surface area contributed by atoms with Gasteiger partial charge in [0.05, 0.1) is 17.3 Å². The topological polar surface area (TPSA) is 85.2 Å². The van der Waals surface area contributed by atoms with E-state index in [0.717, 1.165) is 55.6 Å². The summed E-state index contributed by atoms with van der Waals surface area (Å²) in [6.07, 6.45) is 11.5. The van der Waals surface area contributed by atoms with Gasteiger partial charge < -0.3 is 9.74 Å². The number of carbonyl (C=O) groups excluding carboxylic acids is 1. The lowest BCUT2D eigenvalue weighted by Crippen LogP contribution is -2.49. The smallest absolute Gasteiger partial charge is 0.239 e. The van der Waals surface area contributed by atoms with E-state index in [4.69, 9.17) is 9.41 Å². The van der Waals surface area contributed by atoms with Gasteiger partial charge in [-0.15, -0.1) is 0 Å². The van der Waals surface area contributed by atoms with E-state index in [0.29, 0.717) is 5.95 Å². The van der Waals surface area contributed by atoms with Crippen LogP contribution in [-0.2, 0) is 21.7 Å². The molecule has 8 nitrogen and oxygen atoms in total. The van der Waals surface area contributed by atoms with Crippen molar-refractivity contribution in [3.8, 4) is 0 Å². The highest BCUT2D eigenvalue weighted by atomic mass is 28.4. The second-order valence-corrected chi connectivity index (χ2v) is 16.3. The van der Waals surface area contributed by atoms with Crippen molar-refractivity contribution in [2.45, 2.75) is 95.0 Å². The van der Waals surface area contributed by atoms with Crippen LogP contribution in [-0.4, -0.2) is 46.1 Å². The molecule has 0 bridgehead atoms. The van der Waals surface area contributed by atoms with Gasteiger partial charge in [0.15, 0.2) is 8.32 Å². The van der Waals surface area contributed by atoms with Crippen LogP contribution in [0.4, 0.5) is 17.5 Å². The molecule has 0 radical (unpaired) electrons. The van der Waals surface area contributed by atoms with Crippen LogP contribution in [0.15, 0.2) is 18.6 Å². The third kappa shape index (κ3) is 3.89. The number of carbonyl (C=O) groups is 1. The third-order valence-electron chi connectivity index (χ3n) is 8.08. The minimum Gasteiger partial charge on any atom is -0.414 e. The van der Waals surface area contributed by atoms with E-state index < -0.39 is 13.7 Å². The molecule has 33 heavy (non-hydrogen) atoms. The van der Waals surface area contributed by atoms with Gasteiger partial charge in [-0.25, -0.2) is 4.98 Å². The summed E-state index contributed by atoms with van der Waals surface area (Å²) < 4.78 is 8.51. The van der Waals surface area contributed by atoms with Crippen molar-refractivity contribution in [3.05, 3.63) is 24.2 Å². The van der Waals surface area contributed by atoms with E-state index in [1.807, 2.05) is 24.3 Å². The SMILES string of the molecule is Cn1cc(Nc2ncc3c(n2)N([C@@H]2CCC[C@@H](O[Si](C)(C)C(C)(C)C)C2)C(=O)C32CC2)cn1. The van der Waals surface area contributed by atoms with Gasteiger partial charge in [-0.1, -0.05) is 20.8 Å². The van der Waals surface area contributed by atoms with Crippen LogP contribution in [0.3, 0.4) is 0 Å². The van der Waals surface area contributed by atoms with Gasteiger partial charge in [-0.3, -0.25) is 14.4 Å². The molecule has 2 aromatic heterocycles. The quantitative estimate of drug-likeness (QED) is 0.642. The van der Waals surface area contributed by atoms with Crippen molar-refractivity contribution in [2.24, 2.45) is 7.05 Å². The highest BCUT2D eigenvalue weighted by Crippen LogP contribution is 2.58. The molecule has 0 aromatic carbocycles. The van der Waals surface area contributed by atoms with Crippen molar-refractivity contribution in [1.29, 1.82) is 0 Å². The van der Waals surface area contributed by atoms with Crippen LogP contribution in [0.1, 0.15) is 64.9 Å².